The minimum atomic E-state index is -0.845. The Bertz CT molecular complexity index is 787. The van der Waals surface area contributed by atoms with E-state index in [0.717, 1.165) is 14.9 Å². The molecular weight excluding hydrogens is 423 g/mol. The van der Waals surface area contributed by atoms with Crippen LogP contribution in [0.1, 0.15) is 12.5 Å². The average molecular weight is 441 g/mol. The molecule has 2 aromatic rings. The number of amides is 2. The van der Waals surface area contributed by atoms with Gasteiger partial charge in [-0.1, -0.05) is 15.9 Å². The van der Waals surface area contributed by atoms with Gasteiger partial charge in [-0.3, -0.25) is 20.4 Å². The van der Waals surface area contributed by atoms with Crippen molar-refractivity contribution in [2.24, 2.45) is 0 Å². The summed E-state index contributed by atoms with van der Waals surface area (Å²) >= 11 is 4.77. The summed E-state index contributed by atoms with van der Waals surface area (Å²) < 4.78 is 19.2. The second kappa shape index (κ2) is 9.59. The SMILES string of the molecule is Cc1cc(Br)ccc1SCC(=O)NNC(=O)C(C)Oc1ccc(F)cc1. The topological polar surface area (TPSA) is 67.4 Å². The predicted octanol–water partition coefficient (Wildman–Crippen LogP) is 3.60. The summed E-state index contributed by atoms with van der Waals surface area (Å²) in [6.07, 6.45) is -0.845. The third-order valence-electron chi connectivity index (χ3n) is 3.32. The van der Waals surface area contributed by atoms with Crippen LogP contribution >= 0.6 is 27.7 Å². The van der Waals surface area contributed by atoms with E-state index in [1.807, 2.05) is 25.1 Å². The van der Waals surface area contributed by atoms with Gasteiger partial charge in [-0.15, -0.1) is 11.8 Å². The van der Waals surface area contributed by atoms with E-state index in [2.05, 4.69) is 26.8 Å². The van der Waals surface area contributed by atoms with Gasteiger partial charge in [0, 0.05) is 9.37 Å². The number of rotatable bonds is 6. The maximum atomic E-state index is 12.8. The number of aryl methyl sites for hydroxylation is 1. The maximum absolute atomic E-state index is 12.8. The van der Waals surface area contributed by atoms with Gasteiger partial charge >= 0.3 is 0 Å². The Morgan fingerprint density at radius 1 is 1.19 bits per heavy atom. The number of halogens is 2. The summed E-state index contributed by atoms with van der Waals surface area (Å²) in [5.74, 6) is -0.704. The van der Waals surface area contributed by atoms with Crippen molar-refractivity contribution in [2.75, 3.05) is 5.75 Å². The van der Waals surface area contributed by atoms with E-state index >= 15 is 0 Å². The molecule has 0 heterocycles. The third kappa shape index (κ3) is 6.34. The number of nitrogens with one attached hydrogen (secondary N) is 2. The Morgan fingerprint density at radius 2 is 1.88 bits per heavy atom. The highest BCUT2D eigenvalue weighted by Gasteiger charge is 2.15. The highest BCUT2D eigenvalue weighted by Crippen LogP contribution is 2.25. The smallest absolute Gasteiger partial charge is 0.279 e. The van der Waals surface area contributed by atoms with Crippen LogP contribution in [-0.2, 0) is 9.59 Å². The maximum Gasteiger partial charge on any atom is 0.279 e. The van der Waals surface area contributed by atoms with Gasteiger partial charge in [0.15, 0.2) is 6.10 Å². The Balaban J connectivity index is 1.75. The molecule has 2 aromatic carbocycles. The van der Waals surface area contributed by atoms with Crippen LogP contribution in [-0.4, -0.2) is 23.7 Å². The van der Waals surface area contributed by atoms with Crippen LogP contribution in [0.25, 0.3) is 0 Å². The van der Waals surface area contributed by atoms with E-state index in [-0.39, 0.29) is 17.5 Å². The standard InChI is InChI=1S/C18H18BrFN2O3S/c1-11-9-13(19)3-8-16(11)26-10-17(23)21-22-18(24)12(2)25-15-6-4-14(20)5-7-15/h3-9,12H,10H2,1-2H3,(H,21,23)(H,22,24). The van der Waals surface area contributed by atoms with Crippen molar-refractivity contribution < 1.29 is 18.7 Å². The number of benzene rings is 2. The van der Waals surface area contributed by atoms with E-state index in [0.29, 0.717) is 5.75 Å². The zero-order valence-electron chi connectivity index (χ0n) is 14.2. The van der Waals surface area contributed by atoms with E-state index in [9.17, 15) is 14.0 Å². The van der Waals surface area contributed by atoms with Crippen molar-refractivity contribution in [3.63, 3.8) is 0 Å². The summed E-state index contributed by atoms with van der Waals surface area (Å²) in [7, 11) is 0. The van der Waals surface area contributed by atoms with Crippen LogP contribution < -0.4 is 15.6 Å². The van der Waals surface area contributed by atoms with Crippen molar-refractivity contribution in [2.45, 2.75) is 24.8 Å². The van der Waals surface area contributed by atoms with Crippen molar-refractivity contribution >= 4 is 39.5 Å². The molecule has 2 N–H and O–H groups in total. The first-order chi connectivity index (χ1) is 12.3. The number of thioether (sulfide) groups is 1. The zero-order chi connectivity index (χ0) is 19.1. The van der Waals surface area contributed by atoms with Gasteiger partial charge in [-0.2, -0.15) is 0 Å². The molecule has 138 valence electrons. The Labute approximate surface area is 163 Å². The Kier molecular flexibility index (Phi) is 7.47. The van der Waals surface area contributed by atoms with Crippen LogP contribution in [0.4, 0.5) is 4.39 Å². The molecule has 0 saturated carbocycles. The van der Waals surface area contributed by atoms with Crippen LogP contribution in [0.5, 0.6) is 5.75 Å². The van der Waals surface area contributed by atoms with Gasteiger partial charge in [-0.25, -0.2) is 4.39 Å². The van der Waals surface area contributed by atoms with Crippen LogP contribution in [0.15, 0.2) is 51.8 Å². The van der Waals surface area contributed by atoms with Gasteiger partial charge in [0.1, 0.15) is 11.6 Å². The third-order valence-corrected chi connectivity index (χ3v) is 4.99. The summed E-state index contributed by atoms with van der Waals surface area (Å²) in [4.78, 5) is 24.8. The zero-order valence-corrected chi connectivity index (χ0v) is 16.6. The molecule has 2 amide bonds. The fourth-order valence-corrected chi connectivity index (χ4v) is 3.24. The molecule has 0 bridgehead atoms. The second-order valence-corrected chi connectivity index (χ2v) is 7.38. The predicted molar refractivity (Wildman–Crippen MR) is 102 cm³/mol. The molecule has 0 aliphatic heterocycles. The highest BCUT2D eigenvalue weighted by atomic mass is 79.9. The Hall–Kier alpha value is -2.06. The number of ether oxygens (including phenoxy) is 1. The molecule has 0 radical (unpaired) electrons. The van der Waals surface area contributed by atoms with Crippen LogP contribution in [0.3, 0.4) is 0 Å². The normalized spacial score (nSPS) is 11.5. The first-order valence-electron chi connectivity index (χ1n) is 7.75. The minimum absolute atomic E-state index is 0.163. The molecule has 8 heteroatoms. The molecule has 26 heavy (non-hydrogen) atoms. The largest absolute Gasteiger partial charge is 0.481 e. The lowest BCUT2D eigenvalue weighted by atomic mass is 10.2. The molecule has 0 spiro atoms. The Morgan fingerprint density at radius 3 is 2.54 bits per heavy atom. The monoisotopic (exact) mass is 440 g/mol. The molecule has 0 saturated heterocycles. The van der Waals surface area contributed by atoms with Gasteiger partial charge in [0.05, 0.1) is 5.75 Å². The molecule has 2 rings (SSSR count). The molecule has 1 unspecified atom stereocenters. The van der Waals surface area contributed by atoms with Crippen molar-refractivity contribution in [3.8, 4) is 5.75 Å². The molecule has 1 atom stereocenters. The van der Waals surface area contributed by atoms with Gasteiger partial charge in [0.2, 0.25) is 5.91 Å². The lowest BCUT2D eigenvalue weighted by molar-refractivity contribution is -0.131. The number of hydrogen-bond acceptors (Lipinski definition) is 4. The van der Waals surface area contributed by atoms with Crippen LogP contribution in [0, 0.1) is 12.7 Å². The summed E-state index contributed by atoms with van der Waals surface area (Å²) in [5.41, 5.74) is 5.72. The summed E-state index contributed by atoms with van der Waals surface area (Å²) in [6, 6.07) is 11.1. The molecule has 5 nitrogen and oxygen atoms in total. The number of carbonyl (C=O) groups is 2. The van der Waals surface area contributed by atoms with Gasteiger partial charge in [-0.05, 0) is 61.9 Å². The quantitative estimate of drug-likeness (QED) is 0.531. The van der Waals surface area contributed by atoms with Crippen LogP contribution in [0.2, 0.25) is 0 Å². The number of hydrazine groups is 1. The highest BCUT2D eigenvalue weighted by molar-refractivity contribution is 9.10. The van der Waals surface area contributed by atoms with E-state index in [1.165, 1.54) is 43.0 Å². The fraction of sp³-hybridized carbons (Fsp3) is 0.222. The average Bonchev–Trinajstić information content (AvgIpc) is 2.60. The number of hydrogen-bond donors (Lipinski definition) is 2. The molecule has 0 aliphatic rings. The van der Waals surface area contributed by atoms with E-state index in [1.54, 1.807) is 0 Å². The number of carbonyl (C=O) groups excluding carboxylic acids is 2. The van der Waals surface area contributed by atoms with E-state index < -0.39 is 12.0 Å². The molecule has 0 aromatic heterocycles. The lowest BCUT2D eigenvalue weighted by Crippen LogP contribution is -2.47. The fourth-order valence-electron chi connectivity index (χ4n) is 1.96. The van der Waals surface area contributed by atoms with Crippen molar-refractivity contribution in [1.82, 2.24) is 10.9 Å². The van der Waals surface area contributed by atoms with E-state index in [4.69, 9.17) is 4.74 Å². The van der Waals surface area contributed by atoms with Crippen molar-refractivity contribution in [3.05, 3.63) is 58.3 Å². The van der Waals surface area contributed by atoms with Gasteiger partial charge in [0.25, 0.3) is 5.91 Å². The molecule has 0 fully saturated rings. The van der Waals surface area contributed by atoms with Gasteiger partial charge < -0.3 is 4.74 Å². The minimum Gasteiger partial charge on any atom is -0.481 e. The second-order valence-electron chi connectivity index (χ2n) is 5.45. The summed E-state index contributed by atoms with van der Waals surface area (Å²) in [6.45, 7) is 3.49. The summed E-state index contributed by atoms with van der Waals surface area (Å²) in [5, 5.41) is 0. The molecular formula is C18H18BrFN2O3S. The first-order valence-corrected chi connectivity index (χ1v) is 9.53. The molecule has 0 aliphatic carbocycles. The lowest BCUT2D eigenvalue weighted by Gasteiger charge is -2.15. The first kappa shape index (κ1) is 20.3. The van der Waals surface area contributed by atoms with Crippen molar-refractivity contribution in [1.29, 1.82) is 0 Å².